The van der Waals surface area contributed by atoms with E-state index in [9.17, 15) is 0 Å². The average molecular weight is 293 g/mol. The van der Waals surface area contributed by atoms with Gasteiger partial charge in [-0.25, -0.2) is 0 Å². The molecule has 0 saturated heterocycles. The molecule has 1 rings (SSSR count). The zero-order valence-corrected chi connectivity index (χ0v) is 14.2. The van der Waals surface area contributed by atoms with Crippen LogP contribution < -0.4 is 10.1 Å². The van der Waals surface area contributed by atoms with Crippen LogP contribution in [0.15, 0.2) is 24.3 Å². The molecular weight excluding hydrogens is 262 g/mol. The molecule has 0 radical (unpaired) electrons. The highest BCUT2D eigenvalue weighted by atomic mass is 16.5. The van der Waals surface area contributed by atoms with E-state index < -0.39 is 0 Å². The number of anilines is 1. The number of nitrogens with one attached hydrogen (secondary N) is 1. The second-order valence-electron chi connectivity index (χ2n) is 6.47. The van der Waals surface area contributed by atoms with Crippen molar-refractivity contribution in [3.8, 4) is 5.75 Å². The standard InChI is InChI=1S/C18H31NO2/c1-14(2)12-17(13-15(3)4)19-16-6-8-18(9-7-16)21-11-10-20-5/h6-9,14-15,17,19H,10-13H2,1-5H3. The lowest BCUT2D eigenvalue weighted by Crippen LogP contribution is -2.23. The van der Waals surface area contributed by atoms with Crippen LogP contribution in [0.1, 0.15) is 40.5 Å². The average Bonchev–Trinajstić information content (AvgIpc) is 2.39. The van der Waals surface area contributed by atoms with Crippen LogP contribution in [0.5, 0.6) is 5.75 Å². The summed E-state index contributed by atoms with van der Waals surface area (Å²) in [4.78, 5) is 0. The molecule has 0 aliphatic carbocycles. The van der Waals surface area contributed by atoms with Crippen molar-refractivity contribution in [2.75, 3.05) is 25.6 Å². The summed E-state index contributed by atoms with van der Waals surface area (Å²) >= 11 is 0. The Labute approximate surface area is 130 Å². The Balaban J connectivity index is 2.54. The summed E-state index contributed by atoms with van der Waals surface area (Å²) in [6, 6.07) is 8.75. The third-order valence-electron chi connectivity index (χ3n) is 3.29. The van der Waals surface area contributed by atoms with Crippen LogP contribution in [0.25, 0.3) is 0 Å². The van der Waals surface area contributed by atoms with Crippen molar-refractivity contribution in [3.63, 3.8) is 0 Å². The molecule has 1 aromatic rings. The maximum Gasteiger partial charge on any atom is 0.119 e. The van der Waals surface area contributed by atoms with Crippen LogP contribution in [0.4, 0.5) is 5.69 Å². The van der Waals surface area contributed by atoms with Crippen molar-refractivity contribution in [3.05, 3.63) is 24.3 Å². The van der Waals surface area contributed by atoms with Crippen LogP contribution in [-0.2, 0) is 4.74 Å². The lowest BCUT2D eigenvalue weighted by atomic mass is 9.95. The molecule has 21 heavy (non-hydrogen) atoms. The Morgan fingerprint density at radius 1 is 0.905 bits per heavy atom. The summed E-state index contributed by atoms with van der Waals surface area (Å²) in [5, 5.41) is 3.66. The molecule has 0 aliphatic rings. The lowest BCUT2D eigenvalue weighted by Gasteiger charge is -2.23. The molecule has 120 valence electrons. The van der Waals surface area contributed by atoms with Crippen LogP contribution in [0.3, 0.4) is 0 Å². The minimum absolute atomic E-state index is 0.533. The van der Waals surface area contributed by atoms with Crippen molar-refractivity contribution >= 4 is 5.69 Å². The number of rotatable bonds is 10. The first-order chi connectivity index (χ1) is 10.0. The smallest absolute Gasteiger partial charge is 0.119 e. The third kappa shape index (κ3) is 7.96. The number of benzene rings is 1. The fourth-order valence-corrected chi connectivity index (χ4v) is 2.48. The second kappa shape index (κ2) is 9.67. The molecule has 0 unspecified atom stereocenters. The van der Waals surface area contributed by atoms with E-state index in [4.69, 9.17) is 9.47 Å². The number of hydrogen-bond donors (Lipinski definition) is 1. The van der Waals surface area contributed by atoms with Crippen molar-refractivity contribution in [2.45, 2.75) is 46.6 Å². The first-order valence-electron chi connectivity index (χ1n) is 7.99. The SMILES string of the molecule is COCCOc1ccc(NC(CC(C)C)CC(C)C)cc1. The summed E-state index contributed by atoms with van der Waals surface area (Å²) in [5.41, 5.74) is 1.17. The molecule has 1 aromatic carbocycles. The summed E-state index contributed by atoms with van der Waals surface area (Å²) in [6.07, 6.45) is 2.40. The predicted octanol–water partition coefficient (Wildman–Crippen LogP) is 4.58. The summed E-state index contributed by atoms with van der Waals surface area (Å²) < 4.78 is 10.6. The summed E-state index contributed by atoms with van der Waals surface area (Å²) in [6.45, 7) is 10.3. The number of ether oxygens (including phenoxy) is 2. The van der Waals surface area contributed by atoms with Gasteiger partial charge in [-0.2, -0.15) is 0 Å². The predicted molar refractivity (Wildman–Crippen MR) is 90.1 cm³/mol. The molecular formula is C18H31NO2. The zero-order valence-electron chi connectivity index (χ0n) is 14.2. The Morgan fingerprint density at radius 3 is 1.95 bits per heavy atom. The topological polar surface area (TPSA) is 30.5 Å². The Morgan fingerprint density at radius 2 is 1.48 bits per heavy atom. The quantitative estimate of drug-likeness (QED) is 0.640. The molecule has 0 heterocycles. The van der Waals surface area contributed by atoms with Gasteiger partial charge >= 0.3 is 0 Å². The van der Waals surface area contributed by atoms with Gasteiger partial charge in [0.05, 0.1) is 6.61 Å². The molecule has 0 spiro atoms. The van der Waals surface area contributed by atoms with Gasteiger partial charge in [-0.3, -0.25) is 0 Å². The van der Waals surface area contributed by atoms with Crippen LogP contribution in [0.2, 0.25) is 0 Å². The maximum atomic E-state index is 5.58. The van der Waals surface area contributed by atoms with E-state index in [1.165, 1.54) is 18.5 Å². The van der Waals surface area contributed by atoms with Gasteiger partial charge in [-0.1, -0.05) is 27.7 Å². The van der Waals surface area contributed by atoms with Gasteiger partial charge in [0.2, 0.25) is 0 Å². The molecule has 0 amide bonds. The molecule has 3 heteroatoms. The van der Waals surface area contributed by atoms with Gasteiger partial charge < -0.3 is 14.8 Å². The summed E-state index contributed by atoms with van der Waals surface area (Å²) in [7, 11) is 1.68. The Kier molecular flexibility index (Phi) is 8.21. The van der Waals surface area contributed by atoms with E-state index in [1.807, 2.05) is 12.1 Å². The monoisotopic (exact) mass is 293 g/mol. The summed E-state index contributed by atoms with van der Waals surface area (Å²) in [5.74, 6) is 2.30. The number of hydrogen-bond acceptors (Lipinski definition) is 3. The molecule has 3 nitrogen and oxygen atoms in total. The van der Waals surface area contributed by atoms with Gasteiger partial charge in [-0.05, 0) is 48.9 Å². The first-order valence-corrected chi connectivity index (χ1v) is 7.99. The van der Waals surface area contributed by atoms with Gasteiger partial charge in [0.1, 0.15) is 12.4 Å². The fraction of sp³-hybridized carbons (Fsp3) is 0.667. The van der Waals surface area contributed by atoms with E-state index in [-0.39, 0.29) is 0 Å². The molecule has 0 atom stereocenters. The highest BCUT2D eigenvalue weighted by molar-refractivity contribution is 5.47. The van der Waals surface area contributed by atoms with Crippen LogP contribution >= 0.6 is 0 Å². The third-order valence-corrected chi connectivity index (χ3v) is 3.29. The van der Waals surface area contributed by atoms with E-state index in [2.05, 4.69) is 45.1 Å². The largest absolute Gasteiger partial charge is 0.491 e. The highest BCUT2D eigenvalue weighted by Crippen LogP contribution is 2.21. The van der Waals surface area contributed by atoms with Crippen LogP contribution in [0, 0.1) is 11.8 Å². The van der Waals surface area contributed by atoms with Crippen molar-refractivity contribution in [2.24, 2.45) is 11.8 Å². The molecule has 0 fully saturated rings. The second-order valence-corrected chi connectivity index (χ2v) is 6.47. The van der Waals surface area contributed by atoms with E-state index in [0.29, 0.717) is 31.1 Å². The van der Waals surface area contributed by atoms with E-state index in [0.717, 1.165) is 5.75 Å². The highest BCUT2D eigenvalue weighted by Gasteiger charge is 2.12. The van der Waals surface area contributed by atoms with Gasteiger partial charge in [-0.15, -0.1) is 0 Å². The van der Waals surface area contributed by atoms with E-state index >= 15 is 0 Å². The van der Waals surface area contributed by atoms with E-state index in [1.54, 1.807) is 7.11 Å². The minimum Gasteiger partial charge on any atom is -0.491 e. The normalized spacial score (nSPS) is 11.4. The zero-order chi connectivity index (χ0) is 15.7. The molecule has 0 saturated carbocycles. The van der Waals surface area contributed by atoms with Crippen molar-refractivity contribution in [1.29, 1.82) is 0 Å². The van der Waals surface area contributed by atoms with Crippen molar-refractivity contribution < 1.29 is 9.47 Å². The molecule has 1 N–H and O–H groups in total. The first kappa shape index (κ1) is 17.8. The number of methoxy groups -OCH3 is 1. The van der Waals surface area contributed by atoms with Crippen LogP contribution in [-0.4, -0.2) is 26.4 Å². The van der Waals surface area contributed by atoms with Gasteiger partial charge in [0.25, 0.3) is 0 Å². The molecule has 0 aliphatic heterocycles. The lowest BCUT2D eigenvalue weighted by molar-refractivity contribution is 0.146. The molecule has 0 bridgehead atoms. The fourth-order valence-electron chi connectivity index (χ4n) is 2.48. The van der Waals surface area contributed by atoms with Crippen molar-refractivity contribution in [1.82, 2.24) is 0 Å². The van der Waals surface area contributed by atoms with Gasteiger partial charge in [0, 0.05) is 18.8 Å². The minimum atomic E-state index is 0.533. The Bertz CT molecular complexity index is 363. The maximum absolute atomic E-state index is 5.58. The Hall–Kier alpha value is -1.22. The molecule has 0 aromatic heterocycles. The van der Waals surface area contributed by atoms with Gasteiger partial charge in [0.15, 0.2) is 0 Å².